The molecule has 5 heteroatoms. The zero-order valence-electron chi connectivity index (χ0n) is 8.04. The van der Waals surface area contributed by atoms with Gasteiger partial charge in [-0.25, -0.2) is 4.79 Å². The molecule has 1 rings (SSSR count). The number of carbonyl (C=O) groups is 1. The summed E-state index contributed by atoms with van der Waals surface area (Å²) in [6.07, 6.45) is -1.00. The molecule has 0 spiro atoms. The van der Waals surface area contributed by atoms with E-state index in [2.05, 4.69) is 15.9 Å². The van der Waals surface area contributed by atoms with E-state index in [1.807, 2.05) is 0 Å². The molecule has 0 bridgehead atoms. The molecular formula is C10H10BrClO3. The van der Waals surface area contributed by atoms with Gasteiger partial charge in [-0.2, -0.15) is 0 Å². The van der Waals surface area contributed by atoms with E-state index in [-0.39, 0.29) is 0 Å². The Kier molecular flexibility index (Phi) is 4.57. The molecule has 1 aromatic carbocycles. The molecule has 1 aromatic rings. The van der Waals surface area contributed by atoms with Crippen molar-refractivity contribution in [3.8, 4) is 0 Å². The van der Waals surface area contributed by atoms with E-state index < -0.39 is 12.1 Å². The standard InChI is InChI=1S/C10H10BrClO3/c1-2-15-9(10(13)14)7-4-3-6(11)5-8(7)12/h3-5,9H,2H2,1H3,(H,13,14). The molecule has 0 aromatic heterocycles. The summed E-state index contributed by atoms with van der Waals surface area (Å²) in [5.74, 6) is -1.04. The summed E-state index contributed by atoms with van der Waals surface area (Å²) in [6.45, 7) is 2.06. The van der Waals surface area contributed by atoms with E-state index in [4.69, 9.17) is 21.4 Å². The summed E-state index contributed by atoms with van der Waals surface area (Å²) in [5, 5.41) is 9.34. The lowest BCUT2D eigenvalue weighted by molar-refractivity contribution is -0.150. The van der Waals surface area contributed by atoms with E-state index in [9.17, 15) is 4.79 Å². The van der Waals surface area contributed by atoms with Gasteiger partial charge in [0.15, 0.2) is 6.10 Å². The Labute approximate surface area is 101 Å². The van der Waals surface area contributed by atoms with Gasteiger partial charge in [-0.05, 0) is 19.1 Å². The molecule has 15 heavy (non-hydrogen) atoms. The molecule has 0 saturated carbocycles. The van der Waals surface area contributed by atoms with Crippen LogP contribution in [0.2, 0.25) is 5.02 Å². The predicted molar refractivity (Wildman–Crippen MR) is 61.2 cm³/mol. The van der Waals surface area contributed by atoms with Crippen LogP contribution < -0.4 is 0 Å². The second kappa shape index (κ2) is 5.49. The number of rotatable bonds is 4. The fraction of sp³-hybridized carbons (Fsp3) is 0.300. The molecule has 0 aliphatic heterocycles. The first kappa shape index (κ1) is 12.5. The highest BCUT2D eigenvalue weighted by atomic mass is 79.9. The van der Waals surface area contributed by atoms with Gasteiger partial charge in [-0.15, -0.1) is 0 Å². The van der Waals surface area contributed by atoms with Crippen molar-refractivity contribution >= 4 is 33.5 Å². The maximum absolute atomic E-state index is 10.9. The molecule has 0 heterocycles. The first-order valence-electron chi connectivity index (χ1n) is 4.35. The summed E-state index contributed by atoms with van der Waals surface area (Å²) < 4.78 is 5.91. The van der Waals surface area contributed by atoms with Crippen LogP contribution in [0.1, 0.15) is 18.6 Å². The average molecular weight is 294 g/mol. The summed E-state index contributed by atoms with van der Waals surface area (Å²) in [5.41, 5.74) is 0.467. The van der Waals surface area contributed by atoms with Gasteiger partial charge < -0.3 is 9.84 Å². The van der Waals surface area contributed by atoms with Gasteiger partial charge in [0.05, 0.1) is 0 Å². The van der Waals surface area contributed by atoms with Crippen LogP contribution in [0.15, 0.2) is 22.7 Å². The number of ether oxygens (including phenoxy) is 1. The fourth-order valence-corrected chi connectivity index (χ4v) is 1.95. The van der Waals surface area contributed by atoms with Crippen molar-refractivity contribution in [1.29, 1.82) is 0 Å². The van der Waals surface area contributed by atoms with Crippen molar-refractivity contribution in [2.24, 2.45) is 0 Å². The average Bonchev–Trinajstić information content (AvgIpc) is 2.15. The Morgan fingerprint density at radius 1 is 1.67 bits per heavy atom. The molecule has 3 nitrogen and oxygen atoms in total. The van der Waals surface area contributed by atoms with Crippen molar-refractivity contribution in [2.75, 3.05) is 6.61 Å². The lowest BCUT2D eigenvalue weighted by Gasteiger charge is -2.14. The van der Waals surface area contributed by atoms with E-state index >= 15 is 0 Å². The minimum atomic E-state index is -1.04. The number of carboxylic acid groups (broad SMARTS) is 1. The molecule has 1 atom stereocenters. The highest BCUT2D eigenvalue weighted by Crippen LogP contribution is 2.28. The Bertz CT molecular complexity index is 368. The van der Waals surface area contributed by atoms with Gasteiger partial charge in [0.25, 0.3) is 0 Å². The zero-order chi connectivity index (χ0) is 11.4. The van der Waals surface area contributed by atoms with Crippen molar-refractivity contribution in [2.45, 2.75) is 13.0 Å². The third kappa shape index (κ3) is 3.19. The topological polar surface area (TPSA) is 46.5 Å². The number of benzene rings is 1. The molecule has 1 unspecified atom stereocenters. The Hall–Kier alpha value is -0.580. The van der Waals surface area contributed by atoms with E-state index in [1.165, 1.54) is 0 Å². The lowest BCUT2D eigenvalue weighted by Crippen LogP contribution is -2.15. The number of hydrogen-bond acceptors (Lipinski definition) is 2. The van der Waals surface area contributed by atoms with Crippen LogP contribution in [-0.2, 0) is 9.53 Å². The number of hydrogen-bond donors (Lipinski definition) is 1. The van der Waals surface area contributed by atoms with Crippen LogP contribution in [0, 0.1) is 0 Å². The van der Waals surface area contributed by atoms with E-state index in [0.29, 0.717) is 17.2 Å². The molecule has 0 aliphatic rings. The molecule has 0 aliphatic carbocycles. The highest BCUT2D eigenvalue weighted by molar-refractivity contribution is 9.10. The minimum absolute atomic E-state index is 0.323. The number of aliphatic carboxylic acids is 1. The van der Waals surface area contributed by atoms with Crippen LogP contribution in [0.3, 0.4) is 0 Å². The van der Waals surface area contributed by atoms with Crippen LogP contribution in [-0.4, -0.2) is 17.7 Å². The van der Waals surface area contributed by atoms with Crippen molar-refractivity contribution < 1.29 is 14.6 Å². The third-order valence-corrected chi connectivity index (χ3v) is 2.62. The largest absolute Gasteiger partial charge is 0.479 e. The predicted octanol–water partition coefficient (Wildman–Crippen LogP) is 3.26. The van der Waals surface area contributed by atoms with E-state index in [0.717, 1.165) is 4.47 Å². The quantitative estimate of drug-likeness (QED) is 0.927. The third-order valence-electron chi connectivity index (χ3n) is 1.80. The zero-order valence-corrected chi connectivity index (χ0v) is 10.4. The Morgan fingerprint density at radius 3 is 2.80 bits per heavy atom. The maximum Gasteiger partial charge on any atom is 0.337 e. The summed E-state index contributed by atoms with van der Waals surface area (Å²) in [6, 6.07) is 5.02. The van der Waals surface area contributed by atoms with Gasteiger partial charge >= 0.3 is 5.97 Å². The van der Waals surface area contributed by atoms with Gasteiger partial charge in [0.2, 0.25) is 0 Å². The minimum Gasteiger partial charge on any atom is -0.479 e. The summed E-state index contributed by atoms with van der Waals surface area (Å²) >= 11 is 9.18. The normalized spacial score (nSPS) is 12.5. The van der Waals surface area contributed by atoms with Crippen LogP contribution in [0.4, 0.5) is 0 Å². The van der Waals surface area contributed by atoms with Crippen molar-refractivity contribution in [3.63, 3.8) is 0 Å². The number of carboxylic acids is 1. The van der Waals surface area contributed by atoms with Crippen molar-refractivity contribution in [1.82, 2.24) is 0 Å². The first-order chi connectivity index (χ1) is 7.06. The van der Waals surface area contributed by atoms with E-state index in [1.54, 1.807) is 25.1 Å². The molecule has 82 valence electrons. The Balaban J connectivity index is 3.05. The molecule has 0 amide bonds. The summed E-state index contributed by atoms with van der Waals surface area (Å²) in [7, 11) is 0. The second-order valence-corrected chi connectivity index (χ2v) is 4.16. The smallest absolute Gasteiger partial charge is 0.337 e. The summed E-state index contributed by atoms with van der Waals surface area (Å²) in [4.78, 5) is 10.9. The van der Waals surface area contributed by atoms with Crippen LogP contribution in [0.5, 0.6) is 0 Å². The van der Waals surface area contributed by atoms with Gasteiger partial charge in [0, 0.05) is 21.7 Å². The van der Waals surface area contributed by atoms with Crippen LogP contribution >= 0.6 is 27.5 Å². The molecule has 0 fully saturated rings. The molecule has 1 N–H and O–H groups in total. The Morgan fingerprint density at radius 2 is 2.33 bits per heavy atom. The van der Waals surface area contributed by atoms with Crippen molar-refractivity contribution in [3.05, 3.63) is 33.3 Å². The van der Waals surface area contributed by atoms with Gasteiger partial charge in [0.1, 0.15) is 0 Å². The fourth-order valence-electron chi connectivity index (χ4n) is 1.17. The molecule has 0 saturated heterocycles. The SMILES string of the molecule is CCOC(C(=O)O)c1ccc(Br)cc1Cl. The second-order valence-electron chi connectivity index (χ2n) is 2.84. The monoisotopic (exact) mass is 292 g/mol. The van der Waals surface area contributed by atoms with Gasteiger partial charge in [-0.1, -0.05) is 33.6 Å². The molecule has 0 radical (unpaired) electrons. The van der Waals surface area contributed by atoms with Gasteiger partial charge in [-0.3, -0.25) is 0 Å². The first-order valence-corrected chi connectivity index (χ1v) is 5.52. The maximum atomic E-state index is 10.9. The highest BCUT2D eigenvalue weighted by Gasteiger charge is 2.22. The lowest BCUT2D eigenvalue weighted by atomic mass is 10.1. The number of halogens is 2. The van der Waals surface area contributed by atoms with Crippen LogP contribution in [0.25, 0.3) is 0 Å². The molecular weight excluding hydrogens is 283 g/mol.